The van der Waals surface area contributed by atoms with Crippen molar-refractivity contribution in [3.8, 4) is 0 Å². The van der Waals surface area contributed by atoms with E-state index in [2.05, 4.69) is 10.4 Å². The van der Waals surface area contributed by atoms with Gasteiger partial charge in [0.05, 0.1) is 11.9 Å². The predicted octanol–water partition coefficient (Wildman–Crippen LogP) is 2.61. The lowest BCUT2D eigenvalue weighted by molar-refractivity contribution is 0.197. The second kappa shape index (κ2) is 5.89. The molecular weight excluding hydrogens is 228 g/mol. The first-order valence-electron chi connectivity index (χ1n) is 6.69. The van der Waals surface area contributed by atoms with Crippen molar-refractivity contribution in [1.29, 1.82) is 0 Å². The molecule has 0 saturated heterocycles. The lowest BCUT2D eigenvalue weighted by Crippen LogP contribution is -2.39. The second-order valence-corrected chi connectivity index (χ2v) is 5.09. The summed E-state index contributed by atoms with van der Waals surface area (Å²) in [5.41, 5.74) is 0.753. The van der Waals surface area contributed by atoms with Crippen LogP contribution in [0.5, 0.6) is 0 Å². The van der Waals surface area contributed by atoms with Crippen LogP contribution in [0.3, 0.4) is 0 Å². The van der Waals surface area contributed by atoms with E-state index in [4.69, 9.17) is 0 Å². The number of carbonyl (C=O) groups excluding carboxylic acids is 1. The van der Waals surface area contributed by atoms with Crippen molar-refractivity contribution in [3.63, 3.8) is 0 Å². The van der Waals surface area contributed by atoms with E-state index in [1.165, 1.54) is 25.7 Å². The van der Waals surface area contributed by atoms with Crippen LogP contribution in [0.25, 0.3) is 0 Å². The van der Waals surface area contributed by atoms with Crippen LogP contribution in [0.2, 0.25) is 0 Å². The number of hydrogen-bond donors (Lipinski definition) is 1. The molecule has 5 nitrogen and oxygen atoms in total. The van der Waals surface area contributed by atoms with Crippen molar-refractivity contribution in [3.05, 3.63) is 12.4 Å². The summed E-state index contributed by atoms with van der Waals surface area (Å²) in [6.07, 6.45) is 10.8. The van der Waals surface area contributed by atoms with Crippen molar-refractivity contribution in [2.24, 2.45) is 7.05 Å². The molecule has 0 atom stereocenters. The summed E-state index contributed by atoms with van der Waals surface area (Å²) in [6.45, 7) is 0. The van der Waals surface area contributed by atoms with Crippen molar-refractivity contribution >= 4 is 11.7 Å². The zero-order valence-corrected chi connectivity index (χ0v) is 11.2. The van der Waals surface area contributed by atoms with Crippen molar-refractivity contribution in [1.82, 2.24) is 14.7 Å². The number of carbonyl (C=O) groups is 1. The number of rotatable bonds is 2. The Morgan fingerprint density at radius 3 is 2.61 bits per heavy atom. The number of urea groups is 1. The molecule has 1 fully saturated rings. The molecule has 0 aliphatic heterocycles. The average Bonchev–Trinajstić information content (AvgIpc) is 2.62. The molecule has 100 valence electrons. The molecule has 1 aliphatic carbocycles. The van der Waals surface area contributed by atoms with Gasteiger partial charge in [0, 0.05) is 26.3 Å². The largest absolute Gasteiger partial charge is 0.325 e. The van der Waals surface area contributed by atoms with Crippen molar-refractivity contribution in [2.45, 2.75) is 44.6 Å². The Balaban J connectivity index is 1.91. The van der Waals surface area contributed by atoms with Gasteiger partial charge in [0.15, 0.2) is 0 Å². The fourth-order valence-corrected chi connectivity index (χ4v) is 2.51. The standard InChI is InChI=1S/C13H22N4O/c1-16-10-11(9-14-16)15-13(18)17(2)12-7-5-3-4-6-8-12/h9-10,12H,3-8H2,1-2H3,(H,15,18). The molecule has 2 amide bonds. The SMILES string of the molecule is CN(C(=O)Nc1cnn(C)c1)C1CCCCCC1. The van der Waals surface area contributed by atoms with Gasteiger partial charge in [-0.3, -0.25) is 4.68 Å². The van der Waals surface area contributed by atoms with Crippen molar-refractivity contribution < 1.29 is 4.79 Å². The summed E-state index contributed by atoms with van der Waals surface area (Å²) in [6, 6.07) is 0.346. The van der Waals surface area contributed by atoms with E-state index in [1.807, 2.05) is 19.0 Å². The Labute approximate surface area is 108 Å². The zero-order chi connectivity index (χ0) is 13.0. The molecule has 0 bridgehead atoms. The molecule has 0 unspecified atom stereocenters. The maximum absolute atomic E-state index is 12.1. The number of anilines is 1. The molecule has 1 aromatic rings. The maximum Gasteiger partial charge on any atom is 0.321 e. The highest BCUT2D eigenvalue weighted by Gasteiger charge is 2.21. The molecule has 0 radical (unpaired) electrons. The first-order valence-corrected chi connectivity index (χ1v) is 6.69. The lowest BCUT2D eigenvalue weighted by Gasteiger charge is -2.27. The van der Waals surface area contributed by atoms with E-state index in [0.29, 0.717) is 6.04 Å². The van der Waals surface area contributed by atoms with Gasteiger partial charge in [-0.15, -0.1) is 0 Å². The minimum atomic E-state index is -0.0325. The monoisotopic (exact) mass is 250 g/mol. The average molecular weight is 250 g/mol. The minimum Gasteiger partial charge on any atom is -0.325 e. The van der Waals surface area contributed by atoms with E-state index in [0.717, 1.165) is 18.5 Å². The smallest absolute Gasteiger partial charge is 0.321 e. The third kappa shape index (κ3) is 3.24. The van der Waals surface area contributed by atoms with Gasteiger partial charge >= 0.3 is 6.03 Å². The van der Waals surface area contributed by atoms with Crippen molar-refractivity contribution in [2.75, 3.05) is 12.4 Å². The van der Waals surface area contributed by atoms with Crippen LogP contribution in [0.1, 0.15) is 38.5 Å². The third-order valence-electron chi connectivity index (χ3n) is 3.65. The van der Waals surface area contributed by atoms with Crippen LogP contribution in [0.4, 0.5) is 10.5 Å². The van der Waals surface area contributed by atoms with Gasteiger partial charge < -0.3 is 10.2 Å². The Morgan fingerprint density at radius 2 is 2.06 bits per heavy atom. The second-order valence-electron chi connectivity index (χ2n) is 5.09. The maximum atomic E-state index is 12.1. The molecule has 1 aliphatic rings. The van der Waals surface area contributed by atoms with Crippen LogP contribution in [-0.4, -0.2) is 33.8 Å². The van der Waals surface area contributed by atoms with Crippen LogP contribution in [0, 0.1) is 0 Å². The minimum absolute atomic E-state index is 0.0325. The van der Waals surface area contributed by atoms with E-state index < -0.39 is 0 Å². The molecule has 1 N–H and O–H groups in total. The quantitative estimate of drug-likeness (QED) is 0.820. The molecule has 1 aromatic heterocycles. The summed E-state index contributed by atoms with van der Waals surface area (Å²) in [5.74, 6) is 0. The van der Waals surface area contributed by atoms with E-state index in [1.54, 1.807) is 17.1 Å². The molecule has 1 heterocycles. The van der Waals surface area contributed by atoms with Gasteiger partial charge in [0.2, 0.25) is 0 Å². The molecular formula is C13H22N4O. The Hall–Kier alpha value is -1.52. The van der Waals surface area contributed by atoms with Crippen LogP contribution in [0.15, 0.2) is 12.4 Å². The van der Waals surface area contributed by atoms with Crippen LogP contribution in [-0.2, 0) is 7.05 Å². The number of nitrogens with one attached hydrogen (secondary N) is 1. The van der Waals surface area contributed by atoms with Gasteiger partial charge in [-0.05, 0) is 12.8 Å². The Kier molecular flexibility index (Phi) is 4.23. The van der Waals surface area contributed by atoms with E-state index >= 15 is 0 Å². The summed E-state index contributed by atoms with van der Waals surface area (Å²) in [7, 11) is 3.73. The number of aromatic nitrogens is 2. The zero-order valence-electron chi connectivity index (χ0n) is 11.2. The number of aryl methyl sites for hydroxylation is 1. The summed E-state index contributed by atoms with van der Waals surface area (Å²) in [5, 5.41) is 6.92. The Bertz CT molecular complexity index is 393. The van der Waals surface area contributed by atoms with Gasteiger partial charge in [-0.25, -0.2) is 4.79 Å². The summed E-state index contributed by atoms with van der Waals surface area (Å²) >= 11 is 0. The normalized spacial score (nSPS) is 17.2. The number of nitrogens with zero attached hydrogens (tertiary/aromatic N) is 3. The fourth-order valence-electron chi connectivity index (χ4n) is 2.51. The fraction of sp³-hybridized carbons (Fsp3) is 0.692. The van der Waals surface area contributed by atoms with Gasteiger partial charge in [-0.2, -0.15) is 5.10 Å². The highest BCUT2D eigenvalue weighted by Crippen LogP contribution is 2.21. The predicted molar refractivity (Wildman–Crippen MR) is 71.5 cm³/mol. The highest BCUT2D eigenvalue weighted by atomic mass is 16.2. The highest BCUT2D eigenvalue weighted by molar-refractivity contribution is 5.89. The topological polar surface area (TPSA) is 50.2 Å². The van der Waals surface area contributed by atoms with Gasteiger partial charge in [-0.1, -0.05) is 25.7 Å². The number of amides is 2. The lowest BCUT2D eigenvalue weighted by atomic mass is 10.1. The molecule has 1 saturated carbocycles. The first-order chi connectivity index (χ1) is 8.66. The summed E-state index contributed by atoms with van der Waals surface area (Å²) < 4.78 is 1.68. The molecule has 2 rings (SSSR count). The summed E-state index contributed by atoms with van der Waals surface area (Å²) in [4.78, 5) is 14.0. The first kappa shape index (κ1) is 12.9. The van der Waals surface area contributed by atoms with E-state index in [9.17, 15) is 4.79 Å². The molecule has 0 aromatic carbocycles. The third-order valence-corrected chi connectivity index (χ3v) is 3.65. The molecule has 5 heteroatoms. The van der Waals surface area contributed by atoms with Crippen LogP contribution < -0.4 is 5.32 Å². The molecule has 0 spiro atoms. The van der Waals surface area contributed by atoms with E-state index in [-0.39, 0.29) is 6.03 Å². The van der Waals surface area contributed by atoms with Gasteiger partial charge in [0.25, 0.3) is 0 Å². The number of hydrogen-bond acceptors (Lipinski definition) is 2. The van der Waals surface area contributed by atoms with Crippen LogP contribution >= 0.6 is 0 Å². The Morgan fingerprint density at radius 1 is 1.39 bits per heavy atom. The van der Waals surface area contributed by atoms with Gasteiger partial charge in [0.1, 0.15) is 0 Å². The molecule has 18 heavy (non-hydrogen) atoms.